The number of nitrogens with one attached hydrogen (secondary N) is 3. The summed E-state index contributed by atoms with van der Waals surface area (Å²) in [6.07, 6.45) is 1.22. The van der Waals surface area contributed by atoms with Crippen LogP contribution in [0.5, 0.6) is 0 Å². The fourth-order valence-corrected chi connectivity index (χ4v) is 2.93. The van der Waals surface area contributed by atoms with E-state index in [1.807, 2.05) is 18.9 Å². The van der Waals surface area contributed by atoms with E-state index in [2.05, 4.69) is 16.0 Å². The van der Waals surface area contributed by atoms with Crippen LogP contribution in [0.4, 0.5) is 0 Å². The van der Waals surface area contributed by atoms with Gasteiger partial charge in [0.1, 0.15) is 11.6 Å². The SMILES string of the molecule is C[C@@H]1NC(=O)C2(CCCN(C)[C@@H](C)C(=O)N[C@H]2C)NC1=O. The Bertz CT molecular complexity index is 467. The third-order valence-corrected chi connectivity index (χ3v) is 4.71. The van der Waals surface area contributed by atoms with Crippen molar-refractivity contribution in [3.8, 4) is 0 Å². The molecule has 21 heavy (non-hydrogen) atoms. The molecule has 2 saturated heterocycles. The van der Waals surface area contributed by atoms with Crippen molar-refractivity contribution < 1.29 is 14.4 Å². The largest absolute Gasteiger partial charge is 0.349 e. The van der Waals surface area contributed by atoms with Crippen molar-refractivity contribution in [1.82, 2.24) is 20.9 Å². The summed E-state index contributed by atoms with van der Waals surface area (Å²) in [7, 11) is 1.88. The number of carbonyl (C=O) groups is 3. The molecule has 1 spiro atoms. The van der Waals surface area contributed by atoms with E-state index in [4.69, 9.17) is 0 Å². The van der Waals surface area contributed by atoms with E-state index in [-0.39, 0.29) is 23.8 Å². The Morgan fingerprint density at radius 2 is 1.76 bits per heavy atom. The number of hydrogen-bond acceptors (Lipinski definition) is 4. The Kier molecular flexibility index (Phi) is 4.22. The summed E-state index contributed by atoms with van der Waals surface area (Å²) in [5.41, 5.74) is -1.07. The van der Waals surface area contributed by atoms with Crippen molar-refractivity contribution in [2.75, 3.05) is 13.6 Å². The third-order valence-electron chi connectivity index (χ3n) is 4.71. The lowest BCUT2D eigenvalue weighted by Crippen LogP contribution is -2.75. The quantitative estimate of drug-likeness (QED) is 0.533. The van der Waals surface area contributed by atoms with Crippen LogP contribution >= 0.6 is 0 Å². The molecular weight excluding hydrogens is 272 g/mol. The van der Waals surface area contributed by atoms with Crippen molar-refractivity contribution in [3.05, 3.63) is 0 Å². The molecule has 3 N–H and O–H groups in total. The van der Waals surface area contributed by atoms with Crippen LogP contribution in [0.2, 0.25) is 0 Å². The number of rotatable bonds is 0. The van der Waals surface area contributed by atoms with Crippen molar-refractivity contribution in [2.45, 2.75) is 57.3 Å². The van der Waals surface area contributed by atoms with E-state index in [1.54, 1.807) is 13.8 Å². The van der Waals surface area contributed by atoms with E-state index in [0.717, 1.165) is 6.42 Å². The molecule has 0 aromatic carbocycles. The van der Waals surface area contributed by atoms with Gasteiger partial charge in [0.25, 0.3) is 0 Å². The minimum atomic E-state index is -1.07. The van der Waals surface area contributed by atoms with Gasteiger partial charge in [0.05, 0.1) is 12.1 Å². The van der Waals surface area contributed by atoms with E-state index >= 15 is 0 Å². The van der Waals surface area contributed by atoms with Crippen LogP contribution in [0.15, 0.2) is 0 Å². The van der Waals surface area contributed by atoms with Crippen LogP contribution in [-0.4, -0.2) is 59.9 Å². The predicted octanol–water partition coefficient (Wildman–Crippen LogP) is -1.02. The lowest BCUT2D eigenvalue weighted by Gasteiger charge is -2.43. The van der Waals surface area contributed by atoms with Crippen LogP contribution in [0.3, 0.4) is 0 Å². The molecule has 0 aromatic rings. The Labute approximate surface area is 124 Å². The first-order valence-corrected chi connectivity index (χ1v) is 7.41. The fourth-order valence-electron chi connectivity index (χ4n) is 2.93. The van der Waals surface area contributed by atoms with Crippen LogP contribution in [-0.2, 0) is 14.4 Å². The van der Waals surface area contributed by atoms with Crippen LogP contribution in [0.1, 0.15) is 33.6 Å². The molecule has 2 fully saturated rings. The lowest BCUT2D eigenvalue weighted by molar-refractivity contribution is -0.143. The highest BCUT2D eigenvalue weighted by molar-refractivity contribution is 6.00. The number of hydrogen-bond donors (Lipinski definition) is 3. The van der Waals surface area contributed by atoms with Gasteiger partial charge in [-0.1, -0.05) is 0 Å². The molecule has 2 heterocycles. The highest BCUT2D eigenvalue weighted by Gasteiger charge is 2.50. The van der Waals surface area contributed by atoms with E-state index < -0.39 is 17.6 Å². The van der Waals surface area contributed by atoms with Gasteiger partial charge < -0.3 is 16.0 Å². The topological polar surface area (TPSA) is 90.5 Å². The zero-order valence-electron chi connectivity index (χ0n) is 13.0. The minimum Gasteiger partial charge on any atom is -0.349 e. The van der Waals surface area contributed by atoms with Gasteiger partial charge in [-0.3, -0.25) is 19.3 Å². The minimum absolute atomic E-state index is 0.132. The first-order valence-electron chi connectivity index (χ1n) is 7.41. The van der Waals surface area contributed by atoms with Crippen LogP contribution in [0, 0.1) is 0 Å². The van der Waals surface area contributed by atoms with E-state index in [0.29, 0.717) is 13.0 Å². The molecule has 7 nitrogen and oxygen atoms in total. The lowest BCUT2D eigenvalue weighted by atomic mass is 9.82. The Balaban J connectivity index is 2.30. The highest BCUT2D eigenvalue weighted by atomic mass is 16.2. The molecule has 4 atom stereocenters. The molecule has 0 saturated carbocycles. The van der Waals surface area contributed by atoms with E-state index in [9.17, 15) is 14.4 Å². The molecule has 0 aromatic heterocycles. The Morgan fingerprint density at radius 3 is 2.43 bits per heavy atom. The van der Waals surface area contributed by atoms with Gasteiger partial charge in [0, 0.05) is 0 Å². The summed E-state index contributed by atoms with van der Waals surface area (Å²) < 4.78 is 0. The maximum atomic E-state index is 12.5. The van der Waals surface area contributed by atoms with Gasteiger partial charge >= 0.3 is 0 Å². The molecule has 2 aliphatic heterocycles. The average molecular weight is 296 g/mol. The second kappa shape index (κ2) is 5.63. The molecular formula is C14H24N4O3. The number of likely N-dealkylation sites (N-methyl/N-ethyl adjacent to an activating group) is 1. The third kappa shape index (κ3) is 2.74. The van der Waals surface area contributed by atoms with Gasteiger partial charge in [-0.25, -0.2) is 0 Å². The number of carbonyl (C=O) groups excluding carboxylic acids is 3. The predicted molar refractivity (Wildman–Crippen MR) is 77.4 cm³/mol. The standard InChI is InChI=1S/C14H24N4O3/c1-8-11(19)17-14(13(21)15-8)6-5-7-18(4)9(2)12(20)16-10(14)3/h8-10H,5-7H2,1-4H3,(H,15,21)(H,16,20)(H,17,19)/t8-,9-,10-,14?/m0/s1. The molecule has 0 radical (unpaired) electrons. The maximum absolute atomic E-state index is 12.5. The fraction of sp³-hybridized carbons (Fsp3) is 0.786. The molecule has 1 unspecified atom stereocenters. The van der Waals surface area contributed by atoms with Crippen molar-refractivity contribution in [1.29, 1.82) is 0 Å². The highest BCUT2D eigenvalue weighted by Crippen LogP contribution is 2.24. The number of piperazine rings is 1. The van der Waals surface area contributed by atoms with Gasteiger partial charge in [-0.15, -0.1) is 0 Å². The molecule has 118 valence electrons. The van der Waals surface area contributed by atoms with Gasteiger partial charge in [-0.05, 0) is 47.2 Å². The van der Waals surface area contributed by atoms with Gasteiger partial charge in [0.2, 0.25) is 17.7 Å². The molecule has 0 aliphatic carbocycles. The number of amides is 3. The van der Waals surface area contributed by atoms with Gasteiger partial charge in [0.15, 0.2) is 0 Å². The van der Waals surface area contributed by atoms with Crippen molar-refractivity contribution in [3.63, 3.8) is 0 Å². The average Bonchev–Trinajstić information content (AvgIpc) is 2.45. The molecule has 2 rings (SSSR count). The van der Waals surface area contributed by atoms with E-state index in [1.165, 1.54) is 0 Å². The zero-order chi connectivity index (χ0) is 15.8. The first-order chi connectivity index (χ1) is 9.78. The second-order valence-electron chi connectivity index (χ2n) is 6.15. The summed E-state index contributed by atoms with van der Waals surface area (Å²) in [4.78, 5) is 38.7. The monoisotopic (exact) mass is 296 g/mol. The van der Waals surface area contributed by atoms with Crippen LogP contribution < -0.4 is 16.0 Å². The maximum Gasteiger partial charge on any atom is 0.248 e. The Morgan fingerprint density at radius 1 is 1.10 bits per heavy atom. The Hall–Kier alpha value is -1.63. The van der Waals surface area contributed by atoms with Crippen LogP contribution in [0.25, 0.3) is 0 Å². The molecule has 7 heteroatoms. The van der Waals surface area contributed by atoms with Crippen molar-refractivity contribution >= 4 is 17.7 Å². The zero-order valence-corrected chi connectivity index (χ0v) is 13.0. The first kappa shape index (κ1) is 15.8. The number of nitrogens with zero attached hydrogens (tertiary/aromatic N) is 1. The summed E-state index contributed by atoms with van der Waals surface area (Å²) in [5, 5.41) is 8.42. The normalized spacial score (nSPS) is 38.9. The van der Waals surface area contributed by atoms with Gasteiger partial charge in [-0.2, -0.15) is 0 Å². The summed E-state index contributed by atoms with van der Waals surface area (Å²) >= 11 is 0. The summed E-state index contributed by atoms with van der Waals surface area (Å²) in [5.74, 6) is -0.567. The second-order valence-corrected chi connectivity index (χ2v) is 6.15. The smallest absolute Gasteiger partial charge is 0.248 e. The van der Waals surface area contributed by atoms with Crippen molar-refractivity contribution in [2.24, 2.45) is 0 Å². The molecule has 2 aliphatic rings. The summed E-state index contributed by atoms with van der Waals surface area (Å²) in [6, 6.07) is -1.26. The molecule has 3 amide bonds. The summed E-state index contributed by atoms with van der Waals surface area (Å²) in [6.45, 7) is 5.95. The molecule has 0 bridgehead atoms.